The van der Waals surface area contributed by atoms with Crippen molar-refractivity contribution in [2.24, 2.45) is 0 Å². The molecule has 1 heterocycles. The lowest BCUT2D eigenvalue weighted by molar-refractivity contribution is 0.439. The second kappa shape index (κ2) is 5.39. The largest absolute Gasteiger partial charge is 0.458 e. The zero-order chi connectivity index (χ0) is 12.3. The van der Waals surface area contributed by atoms with E-state index in [1.807, 2.05) is 30.3 Å². The number of para-hydroxylation sites is 1. The zero-order valence-corrected chi connectivity index (χ0v) is 10.6. The maximum Gasteiger partial charge on any atom is 0.152 e. The molecule has 0 saturated heterocycles. The van der Waals surface area contributed by atoms with Gasteiger partial charge < -0.3 is 9.73 Å². The Morgan fingerprint density at radius 2 is 2.35 bits per heavy atom. The van der Waals surface area contributed by atoms with E-state index in [9.17, 15) is 0 Å². The molecule has 1 aromatic carbocycles. The topological polar surface area (TPSA) is 25.2 Å². The summed E-state index contributed by atoms with van der Waals surface area (Å²) in [6, 6.07) is 7.98. The van der Waals surface area contributed by atoms with Crippen molar-refractivity contribution in [3.63, 3.8) is 0 Å². The molecule has 0 aliphatic heterocycles. The number of fused-ring (bicyclic) bond motifs is 1. The lowest BCUT2D eigenvalue weighted by Crippen LogP contribution is -2.19. The molecule has 1 atom stereocenters. The van der Waals surface area contributed by atoms with Gasteiger partial charge in [-0.3, -0.25) is 0 Å². The normalized spacial score (nSPS) is 12.8. The molecule has 2 rings (SSSR count). The van der Waals surface area contributed by atoms with E-state index in [1.54, 1.807) is 0 Å². The predicted octanol–water partition coefficient (Wildman–Crippen LogP) is 4.31. The quantitative estimate of drug-likeness (QED) is 0.799. The Morgan fingerprint density at radius 1 is 1.53 bits per heavy atom. The van der Waals surface area contributed by atoms with E-state index in [4.69, 9.17) is 16.0 Å². The molecule has 2 nitrogen and oxygen atoms in total. The van der Waals surface area contributed by atoms with Crippen LogP contribution in [-0.2, 0) is 0 Å². The minimum Gasteiger partial charge on any atom is -0.458 e. The number of furan rings is 1. The first-order valence-corrected chi connectivity index (χ1v) is 6.16. The van der Waals surface area contributed by atoms with Gasteiger partial charge in [-0.1, -0.05) is 36.7 Å². The average molecular weight is 250 g/mol. The van der Waals surface area contributed by atoms with Gasteiger partial charge >= 0.3 is 0 Å². The van der Waals surface area contributed by atoms with E-state index in [0.29, 0.717) is 5.02 Å². The van der Waals surface area contributed by atoms with Crippen molar-refractivity contribution in [1.82, 2.24) is 5.32 Å². The van der Waals surface area contributed by atoms with Gasteiger partial charge in [-0.05, 0) is 25.1 Å². The highest BCUT2D eigenvalue weighted by molar-refractivity contribution is 6.34. The third-order valence-corrected chi connectivity index (χ3v) is 3.01. The summed E-state index contributed by atoms with van der Waals surface area (Å²) < 4.78 is 5.82. The first-order valence-electron chi connectivity index (χ1n) is 5.78. The van der Waals surface area contributed by atoms with E-state index in [2.05, 4.69) is 18.8 Å². The van der Waals surface area contributed by atoms with Gasteiger partial charge in [0.2, 0.25) is 0 Å². The first kappa shape index (κ1) is 12.2. The molecule has 0 aliphatic carbocycles. The molecule has 90 valence electrons. The fraction of sp³-hybridized carbons (Fsp3) is 0.286. The Balaban J connectivity index is 2.40. The van der Waals surface area contributed by atoms with Gasteiger partial charge in [0.15, 0.2) is 5.58 Å². The van der Waals surface area contributed by atoms with Gasteiger partial charge in [-0.15, -0.1) is 6.58 Å². The van der Waals surface area contributed by atoms with Crippen molar-refractivity contribution in [3.05, 3.63) is 47.7 Å². The van der Waals surface area contributed by atoms with Gasteiger partial charge in [0, 0.05) is 5.39 Å². The maximum absolute atomic E-state index is 6.09. The molecule has 0 saturated carbocycles. The molecule has 3 heteroatoms. The summed E-state index contributed by atoms with van der Waals surface area (Å²) in [5.74, 6) is 0.912. The summed E-state index contributed by atoms with van der Waals surface area (Å²) in [4.78, 5) is 0. The van der Waals surface area contributed by atoms with Gasteiger partial charge in [0.25, 0.3) is 0 Å². The number of benzene rings is 1. The second-order valence-corrected chi connectivity index (χ2v) is 4.35. The maximum atomic E-state index is 6.09. The number of rotatable bonds is 5. The number of nitrogens with one attached hydrogen (secondary N) is 1. The van der Waals surface area contributed by atoms with Gasteiger partial charge in [-0.25, -0.2) is 0 Å². The standard InChI is InChI=1S/C14H16ClNO/c1-3-6-12(16-4-2)13-9-10-7-5-8-11(15)14(10)17-13/h3,5,7-9,12,16H,1,4,6H2,2H3. The monoisotopic (exact) mass is 249 g/mol. The summed E-state index contributed by atoms with van der Waals surface area (Å²) >= 11 is 6.09. The van der Waals surface area contributed by atoms with Crippen LogP contribution in [0.2, 0.25) is 5.02 Å². The second-order valence-electron chi connectivity index (χ2n) is 3.94. The van der Waals surface area contributed by atoms with Crippen molar-refractivity contribution < 1.29 is 4.42 Å². The van der Waals surface area contributed by atoms with Crippen LogP contribution >= 0.6 is 11.6 Å². The lowest BCUT2D eigenvalue weighted by Gasteiger charge is -2.12. The molecule has 0 amide bonds. The Bertz CT molecular complexity index is 518. The van der Waals surface area contributed by atoms with Crippen molar-refractivity contribution in [3.8, 4) is 0 Å². The highest BCUT2D eigenvalue weighted by Gasteiger charge is 2.14. The highest BCUT2D eigenvalue weighted by Crippen LogP contribution is 2.30. The van der Waals surface area contributed by atoms with Crippen LogP contribution in [0.4, 0.5) is 0 Å². The molecule has 0 bridgehead atoms. The predicted molar refractivity (Wildman–Crippen MR) is 72.5 cm³/mol. The molecular formula is C14H16ClNO. The van der Waals surface area contributed by atoms with E-state index in [-0.39, 0.29) is 6.04 Å². The molecule has 0 aliphatic rings. The fourth-order valence-electron chi connectivity index (χ4n) is 1.93. The van der Waals surface area contributed by atoms with Gasteiger partial charge in [0.1, 0.15) is 5.76 Å². The van der Waals surface area contributed by atoms with E-state index in [1.165, 1.54) is 0 Å². The average Bonchev–Trinajstić information content (AvgIpc) is 2.74. The summed E-state index contributed by atoms with van der Waals surface area (Å²) in [6.45, 7) is 6.74. The van der Waals surface area contributed by atoms with Crippen molar-refractivity contribution in [1.29, 1.82) is 0 Å². The number of hydrogen-bond acceptors (Lipinski definition) is 2. The smallest absolute Gasteiger partial charge is 0.152 e. The van der Waals surface area contributed by atoms with Crippen molar-refractivity contribution >= 4 is 22.6 Å². The number of halogens is 1. The minimum atomic E-state index is 0.168. The summed E-state index contributed by atoms with van der Waals surface area (Å²) in [6.07, 6.45) is 2.73. The molecule has 0 fully saturated rings. The Hall–Kier alpha value is -1.25. The highest BCUT2D eigenvalue weighted by atomic mass is 35.5. The van der Waals surface area contributed by atoms with Crippen molar-refractivity contribution in [2.45, 2.75) is 19.4 Å². The van der Waals surface area contributed by atoms with Crippen LogP contribution in [0.1, 0.15) is 25.1 Å². The first-order chi connectivity index (χ1) is 8.26. The van der Waals surface area contributed by atoms with Gasteiger partial charge in [-0.2, -0.15) is 0 Å². The lowest BCUT2D eigenvalue weighted by atomic mass is 10.1. The molecule has 1 aromatic heterocycles. The zero-order valence-electron chi connectivity index (χ0n) is 9.87. The molecule has 17 heavy (non-hydrogen) atoms. The van der Waals surface area contributed by atoms with Crippen molar-refractivity contribution in [2.75, 3.05) is 6.54 Å². The molecule has 0 radical (unpaired) electrons. The van der Waals surface area contributed by atoms with Gasteiger partial charge in [0.05, 0.1) is 11.1 Å². The van der Waals surface area contributed by atoms with E-state index < -0.39 is 0 Å². The Labute approximate surface area is 106 Å². The summed E-state index contributed by atoms with van der Waals surface area (Å²) in [7, 11) is 0. The third-order valence-electron chi connectivity index (χ3n) is 2.71. The number of hydrogen-bond donors (Lipinski definition) is 1. The fourth-order valence-corrected chi connectivity index (χ4v) is 2.15. The van der Waals surface area contributed by atoms with Crippen LogP contribution in [0.25, 0.3) is 11.0 Å². The van der Waals surface area contributed by atoms with Crippen LogP contribution in [0.5, 0.6) is 0 Å². The van der Waals surface area contributed by atoms with E-state index >= 15 is 0 Å². The molecule has 1 unspecified atom stereocenters. The SMILES string of the molecule is C=CCC(NCC)c1cc2cccc(Cl)c2o1. The van der Waals surface area contributed by atoms with Crippen LogP contribution in [0.15, 0.2) is 41.3 Å². The summed E-state index contributed by atoms with van der Waals surface area (Å²) in [5.41, 5.74) is 0.760. The third kappa shape index (κ3) is 2.54. The molecule has 1 N–H and O–H groups in total. The Kier molecular flexibility index (Phi) is 3.87. The molecule has 2 aromatic rings. The van der Waals surface area contributed by atoms with Crippen LogP contribution in [-0.4, -0.2) is 6.54 Å². The minimum absolute atomic E-state index is 0.168. The molecule has 0 spiro atoms. The Morgan fingerprint density at radius 3 is 3.00 bits per heavy atom. The van der Waals surface area contributed by atoms with Crippen LogP contribution in [0.3, 0.4) is 0 Å². The van der Waals surface area contributed by atoms with E-state index in [0.717, 1.165) is 29.7 Å². The summed E-state index contributed by atoms with van der Waals surface area (Å²) in [5, 5.41) is 5.07. The van der Waals surface area contributed by atoms with Crippen LogP contribution in [0, 0.1) is 0 Å². The van der Waals surface area contributed by atoms with Crippen LogP contribution < -0.4 is 5.32 Å². The molecular weight excluding hydrogens is 234 g/mol.